The maximum Gasteiger partial charge on any atom is 0.307 e. The molecule has 20 heavy (non-hydrogen) atoms. The minimum Gasteiger partial charge on any atom is -0.481 e. The van der Waals surface area contributed by atoms with Crippen LogP contribution in [-0.2, 0) is 14.3 Å². The van der Waals surface area contributed by atoms with Crippen LogP contribution in [0.25, 0.3) is 0 Å². The van der Waals surface area contributed by atoms with Gasteiger partial charge >= 0.3 is 5.97 Å². The number of rotatable bonds is 3. The first-order chi connectivity index (χ1) is 9.24. The van der Waals surface area contributed by atoms with Crippen molar-refractivity contribution >= 4 is 11.8 Å². The number of carbonyl (C=O) groups excluding carboxylic acids is 1. The third-order valence-corrected chi connectivity index (χ3v) is 5.82. The Bertz CT molecular complexity index is 415. The first-order valence-corrected chi connectivity index (χ1v) is 7.48. The molecule has 0 amide bonds. The van der Waals surface area contributed by atoms with Crippen LogP contribution in [0.2, 0.25) is 0 Å². The zero-order valence-electron chi connectivity index (χ0n) is 12.9. The molecular weight excluding hydrogens is 256 g/mol. The Hall–Kier alpha value is -0.900. The van der Waals surface area contributed by atoms with Crippen molar-refractivity contribution in [2.24, 2.45) is 28.6 Å². The highest BCUT2D eigenvalue weighted by Crippen LogP contribution is 2.60. The molecule has 0 saturated heterocycles. The van der Waals surface area contributed by atoms with E-state index in [0.717, 1.165) is 19.3 Å². The van der Waals surface area contributed by atoms with E-state index >= 15 is 0 Å². The zero-order chi connectivity index (χ0) is 15.1. The Labute approximate surface area is 120 Å². The van der Waals surface area contributed by atoms with Gasteiger partial charge in [-0.25, -0.2) is 0 Å². The maximum absolute atomic E-state index is 12.4. The molecule has 0 aromatic carbocycles. The van der Waals surface area contributed by atoms with E-state index < -0.39 is 17.8 Å². The molecule has 0 aromatic rings. The van der Waals surface area contributed by atoms with E-state index in [1.807, 2.05) is 0 Å². The summed E-state index contributed by atoms with van der Waals surface area (Å²) in [5.74, 6) is -1.73. The van der Waals surface area contributed by atoms with Crippen molar-refractivity contribution in [1.82, 2.24) is 0 Å². The third-order valence-electron chi connectivity index (χ3n) is 5.82. The summed E-state index contributed by atoms with van der Waals surface area (Å²) in [5, 5.41) is 9.72. The smallest absolute Gasteiger partial charge is 0.307 e. The summed E-state index contributed by atoms with van der Waals surface area (Å²) in [7, 11) is 1.53. The first kappa shape index (κ1) is 15.5. The molecule has 4 unspecified atom stereocenters. The van der Waals surface area contributed by atoms with Crippen LogP contribution in [0.4, 0.5) is 0 Å². The van der Waals surface area contributed by atoms with Gasteiger partial charge in [0.1, 0.15) is 5.78 Å². The summed E-state index contributed by atoms with van der Waals surface area (Å²) >= 11 is 0. The highest BCUT2D eigenvalue weighted by atomic mass is 16.5. The van der Waals surface area contributed by atoms with Crippen molar-refractivity contribution in [3.63, 3.8) is 0 Å². The predicted molar refractivity (Wildman–Crippen MR) is 75.3 cm³/mol. The number of fused-ring (bicyclic) bond motifs is 1. The Morgan fingerprint density at radius 3 is 2.55 bits per heavy atom. The first-order valence-electron chi connectivity index (χ1n) is 7.48. The molecule has 0 radical (unpaired) electrons. The molecule has 0 bridgehead atoms. The van der Waals surface area contributed by atoms with E-state index in [-0.39, 0.29) is 29.1 Å². The normalized spacial score (nSPS) is 40.2. The van der Waals surface area contributed by atoms with Gasteiger partial charge in [0.25, 0.3) is 0 Å². The van der Waals surface area contributed by atoms with E-state index in [0.29, 0.717) is 6.42 Å². The standard InChI is InChI=1S/C16H26O4/c1-15(2)6-5-7-16(3)12(15)8-11(17)10(9-20-4)13(16)14(18)19/h10,12-13H,5-9H2,1-4H3,(H,18,19). The van der Waals surface area contributed by atoms with E-state index in [9.17, 15) is 14.7 Å². The van der Waals surface area contributed by atoms with Gasteiger partial charge in [-0.2, -0.15) is 0 Å². The number of hydrogen-bond donors (Lipinski definition) is 1. The van der Waals surface area contributed by atoms with E-state index in [2.05, 4.69) is 20.8 Å². The van der Waals surface area contributed by atoms with Crippen molar-refractivity contribution in [3.05, 3.63) is 0 Å². The van der Waals surface area contributed by atoms with Crippen molar-refractivity contribution in [2.45, 2.75) is 46.5 Å². The average Bonchev–Trinajstić information content (AvgIpc) is 2.31. The molecule has 114 valence electrons. The lowest BCUT2D eigenvalue weighted by molar-refractivity contribution is -0.174. The number of ketones is 1. The molecule has 0 heterocycles. The second-order valence-corrected chi connectivity index (χ2v) is 7.45. The number of carbonyl (C=O) groups is 2. The number of ether oxygens (including phenoxy) is 1. The summed E-state index contributed by atoms with van der Waals surface area (Å²) in [6, 6.07) is 0. The van der Waals surface area contributed by atoms with E-state index in [1.165, 1.54) is 7.11 Å². The zero-order valence-corrected chi connectivity index (χ0v) is 12.9. The van der Waals surface area contributed by atoms with Crippen molar-refractivity contribution in [1.29, 1.82) is 0 Å². The summed E-state index contributed by atoms with van der Waals surface area (Å²) < 4.78 is 5.12. The SMILES string of the molecule is COCC1C(=O)CC2C(C)(C)CCCC2(C)C1C(=O)O. The molecule has 0 aliphatic heterocycles. The largest absolute Gasteiger partial charge is 0.481 e. The highest BCUT2D eigenvalue weighted by Gasteiger charge is 2.59. The summed E-state index contributed by atoms with van der Waals surface area (Å²) in [5.41, 5.74) is -0.265. The lowest BCUT2D eigenvalue weighted by atomic mass is 9.46. The molecule has 0 spiro atoms. The molecule has 2 fully saturated rings. The van der Waals surface area contributed by atoms with Crippen molar-refractivity contribution < 1.29 is 19.4 Å². The number of carboxylic acid groups (broad SMARTS) is 1. The fourth-order valence-electron chi connectivity index (χ4n) is 4.87. The quantitative estimate of drug-likeness (QED) is 0.864. The van der Waals surface area contributed by atoms with Gasteiger partial charge in [-0.05, 0) is 29.6 Å². The Morgan fingerprint density at radius 1 is 1.35 bits per heavy atom. The second kappa shape index (κ2) is 5.14. The molecule has 2 aliphatic rings. The monoisotopic (exact) mass is 282 g/mol. The van der Waals surface area contributed by atoms with Crippen LogP contribution in [0.1, 0.15) is 46.5 Å². The Morgan fingerprint density at radius 2 is 2.00 bits per heavy atom. The third kappa shape index (κ3) is 2.28. The lowest BCUT2D eigenvalue weighted by Gasteiger charge is -2.57. The van der Waals surface area contributed by atoms with Crippen LogP contribution in [0.3, 0.4) is 0 Å². The highest BCUT2D eigenvalue weighted by molar-refractivity contribution is 5.88. The summed E-state index contributed by atoms with van der Waals surface area (Å²) in [6.45, 7) is 6.65. The molecule has 2 saturated carbocycles. The van der Waals surface area contributed by atoms with E-state index in [1.54, 1.807) is 0 Å². The van der Waals surface area contributed by atoms with Gasteiger partial charge < -0.3 is 9.84 Å². The molecule has 1 N–H and O–H groups in total. The minimum atomic E-state index is -0.842. The van der Waals surface area contributed by atoms with Gasteiger partial charge in [0, 0.05) is 13.5 Å². The van der Waals surface area contributed by atoms with Gasteiger partial charge in [-0.3, -0.25) is 9.59 Å². The van der Waals surface area contributed by atoms with Gasteiger partial charge in [0.15, 0.2) is 0 Å². The fourth-order valence-corrected chi connectivity index (χ4v) is 4.87. The van der Waals surface area contributed by atoms with Crippen LogP contribution in [0, 0.1) is 28.6 Å². The van der Waals surface area contributed by atoms with Gasteiger partial charge in [0.2, 0.25) is 0 Å². The Balaban J connectivity index is 2.44. The van der Waals surface area contributed by atoms with Gasteiger partial charge in [-0.15, -0.1) is 0 Å². The second-order valence-electron chi connectivity index (χ2n) is 7.45. The fraction of sp³-hybridized carbons (Fsp3) is 0.875. The van der Waals surface area contributed by atoms with Crippen molar-refractivity contribution in [2.75, 3.05) is 13.7 Å². The maximum atomic E-state index is 12.4. The topological polar surface area (TPSA) is 63.6 Å². The molecule has 4 atom stereocenters. The van der Waals surface area contributed by atoms with Crippen LogP contribution in [0.5, 0.6) is 0 Å². The van der Waals surface area contributed by atoms with Crippen LogP contribution in [0.15, 0.2) is 0 Å². The number of Topliss-reactive ketones (excluding diaryl/α,β-unsaturated/α-hetero) is 1. The molecular formula is C16H26O4. The molecule has 4 nitrogen and oxygen atoms in total. The molecule has 2 rings (SSSR count). The van der Waals surface area contributed by atoms with Crippen molar-refractivity contribution in [3.8, 4) is 0 Å². The van der Waals surface area contributed by atoms with E-state index in [4.69, 9.17) is 4.74 Å². The minimum absolute atomic E-state index is 0.0361. The predicted octanol–water partition coefficient (Wildman–Crippen LogP) is 2.76. The number of aliphatic carboxylic acids is 1. The number of methoxy groups -OCH3 is 1. The lowest BCUT2D eigenvalue weighted by Crippen LogP contribution is -2.57. The average molecular weight is 282 g/mol. The summed E-state index contributed by atoms with van der Waals surface area (Å²) in [4.78, 5) is 24.3. The number of hydrogen-bond acceptors (Lipinski definition) is 3. The van der Waals surface area contributed by atoms with Gasteiger partial charge in [0.05, 0.1) is 18.4 Å². The molecule has 2 aliphatic carbocycles. The van der Waals surface area contributed by atoms with Crippen LogP contribution >= 0.6 is 0 Å². The van der Waals surface area contributed by atoms with Crippen LogP contribution in [-0.4, -0.2) is 30.6 Å². The Kier molecular flexibility index (Phi) is 3.98. The van der Waals surface area contributed by atoms with Crippen LogP contribution < -0.4 is 0 Å². The molecule has 4 heteroatoms. The van der Waals surface area contributed by atoms with Gasteiger partial charge in [-0.1, -0.05) is 27.2 Å². The number of carboxylic acids is 1. The summed E-state index contributed by atoms with van der Waals surface area (Å²) in [6.07, 6.45) is 3.51. The molecule has 0 aromatic heterocycles.